The number of alkyl halides is 6. The van der Waals surface area contributed by atoms with Gasteiger partial charge in [0, 0.05) is 17.6 Å². The van der Waals surface area contributed by atoms with Gasteiger partial charge in [0.25, 0.3) is 0 Å². The molecule has 0 aromatic carbocycles. The first kappa shape index (κ1) is 19.9. The molecule has 0 radical (unpaired) electrons. The smallest absolute Gasteiger partial charge is 0.258 e. The van der Waals surface area contributed by atoms with Crippen LogP contribution in [0, 0.1) is 27.7 Å². The van der Waals surface area contributed by atoms with Crippen LogP contribution < -0.4 is 0 Å². The average Bonchev–Trinajstić information content (AvgIpc) is 2.41. The molecule has 0 spiro atoms. The number of nitrogens with zero attached hydrogens (tertiary/aromatic N) is 3. The summed E-state index contributed by atoms with van der Waals surface area (Å²) in [5, 5.41) is 0. The molecule has 24 heavy (non-hydrogen) atoms. The molecule has 132 valence electrons. The Morgan fingerprint density at radius 3 is 1.88 bits per heavy atom. The highest BCUT2D eigenvalue weighted by Crippen LogP contribution is 2.32. The minimum Gasteiger partial charge on any atom is -0.258 e. The summed E-state index contributed by atoms with van der Waals surface area (Å²) in [6.45, 7) is 5.90. The number of hydrogen-bond acceptors (Lipinski definition) is 3. The van der Waals surface area contributed by atoms with E-state index in [0.717, 1.165) is 18.6 Å². The molecule has 2 aromatic heterocycles. The van der Waals surface area contributed by atoms with E-state index in [1.54, 1.807) is 13.8 Å². The van der Waals surface area contributed by atoms with E-state index in [1.165, 1.54) is 13.8 Å². The maximum absolute atomic E-state index is 12.4. The Kier molecular flexibility index (Phi) is 5.91. The lowest BCUT2D eigenvalue weighted by atomic mass is 10.1. The van der Waals surface area contributed by atoms with E-state index in [0.29, 0.717) is 11.4 Å². The molecule has 0 aliphatic rings. The minimum absolute atomic E-state index is 0.0417. The standard InChI is InChI=1S/C9H10F3N.C6H5F3N2/c1-5-4-8(9(10,11)12)6(2)7(3)13-5;1-4-2-10-3-11-5(4)6(7,8)9/h4H,1-3H3;2-3H,1H3. The van der Waals surface area contributed by atoms with Crippen molar-refractivity contribution in [1.82, 2.24) is 15.0 Å². The van der Waals surface area contributed by atoms with Crippen molar-refractivity contribution in [3.05, 3.63) is 52.4 Å². The highest BCUT2D eigenvalue weighted by molar-refractivity contribution is 5.32. The summed E-state index contributed by atoms with van der Waals surface area (Å²) in [5.74, 6) is 0. The summed E-state index contributed by atoms with van der Waals surface area (Å²) in [4.78, 5) is 10.5. The Morgan fingerprint density at radius 2 is 1.46 bits per heavy atom. The van der Waals surface area contributed by atoms with Crippen molar-refractivity contribution in [2.45, 2.75) is 40.0 Å². The van der Waals surface area contributed by atoms with E-state index in [2.05, 4.69) is 15.0 Å². The summed E-state index contributed by atoms with van der Waals surface area (Å²) in [6, 6.07) is 1.07. The zero-order chi connectivity index (χ0) is 18.7. The lowest BCUT2D eigenvalue weighted by Crippen LogP contribution is -2.10. The van der Waals surface area contributed by atoms with Crippen LogP contribution in [-0.2, 0) is 12.4 Å². The Bertz CT molecular complexity index is 707. The van der Waals surface area contributed by atoms with Crippen molar-refractivity contribution in [3.8, 4) is 0 Å². The molecule has 0 N–H and O–H groups in total. The second-order valence-electron chi connectivity index (χ2n) is 5.07. The van der Waals surface area contributed by atoms with E-state index in [4.69, 9.17) is 0 Å². The molecule has 0 aliphatic carbocycles. The van der Waals surface area contributed by atoms with Crippen LogP contribution in [0.15, 0.2) is 18.6 Å². The van der Waals surface area contributed by atoms with Crippen molar-refractivity contribution >= 4 is 0 Å². The topological polar surface area (TPSA) is 38.7 Å². The molecule has 0 bridgehead atoms. The van der Waals surface area contributed by atoms with Gasteiger partial charge in [-0.2, -0.15) is 26.3 Å². The van der Waals surface area contributed by atoms with Crippen LogP contribution in [-0.4, -0.2) is 15.0 Å². The summed E-state index contributed by atoms with van der Waals surface area (Å²) in [6.07, 6.45) is -6.62. The first-order valence-electron chi connectivity index (χ1n) is 6.70. The third-order valence-electron chi connectivity index (χ3n) is 3.11. The van der Waals surface area contributed by atoms with E-state index in [1.807, 2.05) is 0 Å². The van der Waals surface area contributed by atoms with E-state index in [9.17, 15) is 26.3 Å². The Hall–Kier alpha value is -2.19. The fourth-order valence-corrected chi connectivity index (χ4v) is 1.88. The number of hydrogen-bond donors (Lipinski definition) is 0. The predicted molar refractivity (Wildman–Crippen MR) is 75.2 cm³/mol. The SMILES string of the molecule is Cc1cc(C(F)(F)F)c(C)c(C)n1.Cc1cncnc1C(F)(F)F. The molecule has 2 heterocycles. The Balaban J connectivity index is 0.000000243. The van der Waals surface area contributed by atoms with E-state index < -0.39 is 23.6 Å². The van der Waals surface area contributed by atoms with E-state index in [-0.39, 0.29) is 11.1 Å². The van der Waals surface area contributed by atoms with Crippen LogP contribution >= 0.6 is 0 Å². The number of rotatable bonds is 0. The van der Waals surface area contributed by atoms with Gasteiger partial charge < -0.3 is 0 Å². The van der Waals surface area contributed by atoms with Gasteiger partial charge in [0.2, 0.25) is 0 Å². The molecule has 0 unspecified atom stereocenters. The van der Waals surface area contributed by atoms with Gasteiger partial charge in [-0.1, -0.05) is 0 Å². The Labute approximate surface area is 134 Å². The molecule has 0 fully saturated rings. The number of aromatic nitrogens is 3. The minimum atomic E-state index is -4.37. The first-order chi connectivity index (χ1) is 10.8. The lowest BCUT2D eigenvalue weighted by molar-refractivity contribution is -0.141. The quantitative estimate of drug-likeness (QED) is 0.638. The summed E-state index contributed by atoms with van der Waals surface area (Å²) in [5.41, 5.74) is -0.370. The fourth-order valence-electron chi connectivity index (χ4n) is 1.88. The summed E-state index contributed by atoms with van der Waals surface area (Å²) < 4.78 is 73.0. The number of pyridine rings is 1. The van der Waals surface area contributed by atoms with Crippen LogP contribution in [0.3, 0.4) is 0 Å². The van der Waals surface area contributed by atoms with Crippen molar-refractivity contribution in [1.29, 1.82) is 0 Å². The van der Waals surface area contributed by atoms with Gasteiger partial charge >= 0.3 is 12.4 Å². The van der Waals surface area contributed by atoms with Gasteiger partial charge in [-0.15, -0.1) is 0 Å². The van der Waals surface area contributed by atoms with Gasteiger partial charge in [-0.3, -0.25) is 4.98 Å². The van der Waals surface area contributed by atoms with Crippen LogP contribution in [0.25, 0.3) is 0 Å². The molecular weight excluding hydrogens is 336 g/mol. The molecule has 0 amide bonds. The largest absolute Gasteiger partial charge is 0.433 e. The molecule has 0 saturated carbocycles. The molecule has 2 aromatic rings. The third-order valence-corrected chi connectivity index (χ3v) is 3.11. The van der Waals surface area contributed by atoms with Gasteiger partial charge in [-0.25, -0.2) is 9.97 Å². The molecule has 9 heteroatoms. The normalized spacial score (nSPS) is 11.8. The lowest BCUT2D eigenvalue weighted by Gasteiger charge is -2.12. The number of halogens is 6. The van der Waals surface area contributed by atoms with E-state index >= 15 is 0 Å². The fraction of sp³-hybridized carbons (Fsp3) is 0.400. The second-order valence-corrected chi connectivity index (χ2v) is 5.07. The number of aryl methyl sites for hydroxylation is 3. The summed E-state index contributed by atoms with van der Waals surface area (Å²) in [7, 11) is 0. The molecule has 0 atom stereocenters. The maximum atomic E-state index is 12.4. The molecule has 0 saturated heterocycles. The molecule has 2 rings (SSSR count). The van der Waals surface area contributed by atoms with Crippen molar-refractivity contribution in [3.63, 3.8) is 0 Å². The Morgan fingerprint density at radius 1 is 0.875 bits per heavy atom. The van der Waals surface area contributed by atoms with Crippen molar-refractivity contribution < 1.29 is 26.3 Å². The highest BCUT2D eigenvalue weighted by Gasteiger charge is 2.34. The average molecular weight is 351 g/mol. The van der Waals surface area contributed by atoms with Crippen LogP contribution in [0.2, 0.25) is 0 Å². The first-order valence-corrected chi connectivity index (χ1v) is 6.70. The molecule has 0 aliphatic heterocycles. The van der Waals surface area contributed by atoms with Gasteiger partial charge in [0.15, 0.2) is 5.69 Å². The zero-order valence-corrected chi connectivity index (χ0v) is 13.3. The highest BCUT2D eigenvalue weighted by atomic mass is 19.4. The predicted octanol–water partition coefficient (Wildman–Crippen LogP) is 4.83. The van der Waals surface area contributed by atoms with Crippen LogP contribution in [0.1, 0.15) is 33.8 Å². The maximum Gasteiger partial charge on any atom is 0.433 e. The van der Waals surface area contributed by atoms with Gasteiger partial charge in [0.05, 0.1) is 5.56 Å². The van der Waals surface area contributed by atoms with Crippen LogP contribution in [0.4, 0.5) is 26.3 Å². The second kappa shape index (κ2) is 7.14. The van der Waals surface area contributed by atoms with Crippen molar-refractivity contribution in [2.75, 3.05) is 0 Å². The van der Waals surface area contributed by atoms with Crippen molar-refractivity contribution in [2.24, 2.45) is 0 Å². The third kappa shape index (κ3) is 5.17. The van der Waals surface area contributed by atoms with Gasteiger partial charge in [0.1, 0.15) is 6.33 Å². The summed E-state index contributed by atoms with van der Waals surface area (Å²) >= 11 is 0. The zero-order valence-electron chi connectivity index (χ0n) is 13.3. The molecular formula is C15H15F6N3. The molecule has 3 nitrogen and oxygen atoms in total. The monoisotopic (exact) mass is 351 g/mol. The van der Waals surface area contributed by atoms with Gasteiger partial charge in [-0.05, 0) is 44.9 Å². The van der Waals surface area contributed by atoms with Crippen LogP contribution in [0.5, 0.6) is 0 Å².